The van der Waals surface area contributed by atoms with Gasteiger partial charge in [-0.25, -0.2) is 15.0 Å². The van der Waals surface area contributed by atoms with Crippen LogP contribution in [0.4, 0.5) is 0 Å². The van der Waals surface area contributed by atoms with Crippen LogP contribution in [0.5, 0.6) is 0 Å². The van der Waals surface area contributed by atoms with Crippen LogP contribution in [-0.2, 0) is 0 Å². The van der Waals surface area contributed by atoms with Crippen LogP contribution in [-0.4, -0.2) is 19.5 Å². The predicted octanol–water partition coefficient (Wildman–Crippen LogP) is 16.8. The summed E-state index contributed by atoms with van der Waals surface area (Å²) in [6.07, 6.45) is 0. The van der Waals surface area contributed by atoms with Gasteiger partial charge >= 0.3 is 0 Å². The molecule has 0 aliphatic carbocycles. The minimum absolute atomic E-state index is 0.573. The van der Waals surface area contributed by atoms with Crippen molar-refractivity contribution in [3.63, 3.8) is 0 Å². The van der Waals surface area contributed by atoms with E-state index < -0.39 is 0 Å². The van der Waals surface area contributed by atoms with Gasteiger partial charge in [0.1, 0.15) is 16.7 Å². The SMILES string of the molecule is c1ccc(-c2ccc(-c3nc(-c4ccccc4)nc(-c4ccc5oc6cccc(-c7ccc8c(oc9ccccc98)c7-n7c8ccccc8c8cc(-c9ccccc9)ccc87)c6c5c4)n3)cc2)cc1. The summed E-state index contributed by atoms with van der Waals surface area (Å²) in [4.78, 5) is 15.3. The number of nitrogens with zero attached hydrogens (tertiary/aromatic N) is 4. The molecule has 4 heterocycles. The van der Waals surface area contributed by atoms with Crippen molar-refractivity contribution in [2.45, 2.75) is 0 Å². The minimum atomic E-state index is 0.573. The Balaban J connectivity index is 0.991. The van der Waals surface area contributed by atoms with Gasteiger partial charge < -0.3 is 13.4 Å². The van der Waals surface area contributed by atoms with Crippen LogP contribution in [0.3, 0.4) is 0 Å². The molecule has 0 bridgehead atoms. The molecule has 14 aromatic rings. The van der Waals surface area contributed by atoms with E-state index in [1.54, 1.807) is 0 Å². The molecule has 0 aliphatic rings. The van der Waals surface area contributed by atoms with Crippen LogP contribution in [0.25, 0.3) is 139 Å². The zero-order valence-electron chi connectivity index (χ0n) is 37.0. The van der Waals surface area contributed by atoms with Crippen molar-refractivity contribution in [1.29, 1.82) is 0 Å². The van der Waals surface area contributed by atoms with Crippen molar-refractivity contribution >= 4 is 65.7 Å². The van der Waals surface area contributed by atoms with Gasteiger partial charge in [0, 0.05) is 54.6 Å². The van der Waals surface area contributed by atoms with Gasteiger partial charge in [0.05, 0.1) is 16.7 Å². The fourth-order valence-corrected chi connectivity index (χ4v) is 10.2. The number of hydrogen-bond donors (Lipinski definition) is 0. The molecule has 10 aromatic carbocycles. The molecule has 0 saturated heterocycles. The Labute approximate surface area is 396 Å². The lowest BCUT2D eigenvalue weighted by Gasteiger charge is -2.16. The lowest BCUT2D eigenvalue weighted by atomic mass is 9.95. The number of furan rings is 2. The zero-order chi connectivity index (χ0) is 45.4. The Morgan fingerprint density at radius 1 is 0.290 bits per heavy atom. The number of para-hydroxylation sites is 2. The third kappa shape index (κ3) is 6.38. The fraction of sp³-hybridized carbons (Fsp3) is 0. The largest absolute Gasteiger partial charge is 0.456 e. The van der Waals surface area contributed by atoms with E-state index in [-0.39, 0.29) is 0 Å². The van der Waals surface area contributed by atoms with E-state index in [2.05, 4.69) is 180 Å². The van der Waals surface area contributed by atoms with Crippen molar-refractivity contribution in [3.8, 4) is 73.2 Å². The van der Waals surface area contributed by atoms with Gasteiger partial charge in [-0.1, -0.05) is 176 Å². The molecule has 0 spiro atoms. The third-order valence-corrected chi connectivity index (χ3v) is 13.5. The highest BCUT2D eigenvalue weighted by molar-refractivity contribution is 6.19. The Morgan fingerprint density at radius 3 is 1.57 bits per heavy atom. The Hall–Kier alpha value is -9.39. The molecule has 6 nitrogen and oxygen atoms in total. The second-order valence-electron chi connectivity index (χ2n) is 17.5. The van der Waals surface area contributed by atoms with E-state index in [1.807, 2.05) is 54.6 Å². The van der Waals surface area contributed by atoms with Crippen LogP contribution in [0.15, 0.2) is 239 Å². The van der Waals surface area contributed by atoms with Crippen LogP contribution in [0.2, 0.25) is 0 Å². The van der Waals surface area contributed by atoms with E-state index in [9.17, 15) is 0 Å². The zero-order valence-corrected chi connectivity index (χ0v) is 37.0. The predicted molar refractivity (Wildman–Crippen MR) is 281 cm³/mol. The number of benzene rings is 10. The first-order valence-corrected chi connectivity index (χ1v) is 23.2. The molecule has 0 N–H and O–H groups in total. The molecule has 0 atom stereocenters. The summed E-state index contributed by atoms with van der Waals surface area (Å²) in [6, 6.07) is 80.3. The lowest BCUT2D eigenvalue weighted by Crippen LogP contribution is -2.00. The highest BCUT2D eigenvalue weighted by Gasteiger charge is 2.25. The summed E-state index contributed by atoms with van der Waals surface area (Å²) in [6.45, 7) is 0. The second kappa shape index (κ2) is 15.6. The number of aromatic nitrogens is 4. The Bertz CT molecular complexity index is 4290. The van der Waals surface area contributed by atoms with Crippen molar-refractivity contribution in [1.82, 2.24) is 19.5 Å². The average Bonchev–Trinajstić information content (AvgIpc) is 4.10. The topological polar surface area (TPSA) is 69.9 Å². The first kappa shape index (κ1) is 38.8. The highest BCUT2D eigenvalue weighted by Crippen LogP contribution is 2.46. The minimum Gasteiger partial charge on any atom is -0.456 e. The quantitative estimate of drug-likeness (QED) is 0.159. The first-order chi connectivity index (χ1) is 34.2. The monoisotopic (exact) mass is 882 g/mol. The standard InChI is InChI=1S/C63H38N4O2/c1-4-15-39(16-5-1)41-27-29-43(30-28-41)62-64-61(42-19-8-3-9-20-42)65-63(66-62)45-32-36-56-52(38-45)58-48(23-14-26-57(58)68-56)49-33-34-50-47-22-11-13-25-55(47)69-60(50)59(49)67-53-24-12-10-21-46(53)51-37-44(31-35-54(51)67)40-17-6-2-7-18-40/h1-38H. The van der Waals surface area contributed by atoms with Gasteiger partial charge in [0.15, 0.2) is 23.1 Å². The summed E-state index contributed by atoms with van der Waals surface area (Å²) in [7, 11) is 0. The number of hydrogen-bond acceptors (Lipinski definition) is 5. The smallest absolute Gasteiger partial charge is 0.164 e. The molecule has 0 saturated carbocycles. The van der Waals surface area contributed by atoms with Crippen molar-refractivity contribution in [2.75, 3.05) is 0 Å². The van der Waals surface area contributed by atoms with E-state index in [4.69, 9.17) is 23.8 Å². The Kier molecular flexibility index (Phi) is 8.79. The molecule has 0 aliphatic heterocycles. The van der Waals surface area contributed by atoms with Crippen LogP contribution < -0.4 is 0 Å². The number of fused-ring (bicyclic) bond motifs is 9. The molecule has 6 heteroatoms. The van der Waals surface area contributed by atoms with Crippen molar-refractivity contribution < 1.29 is 8.83 Å². The molecular weight excluding hydrogens is 845 g/mol. The molecule has 0 unspecified atom stereocenters. The maximum Gasteiger partial charge on any atom is 0.164 e. The van der Waals surface area contributed by atoms with E-state index in [1.165, 1.54) is 21.9 Å². The van der Waals surface area contributed by atoms with E-state index >= 15 is 0 Å². The molecule has 4 aromatic heterocycles. The second-order valence-corrected chi connectivity index (χ2v) is 17.5. The molecule has 0 radical (unpaired) electrons. The summed E-state index contributed by atoms with van der Waals surface area (Å²) < 4.78 is 16.1. The van der Waals surface area contributed by atoms with Gasteiger partial charge in [-0.15, -0.1) is 0 Å². The van der Waals surface area contributed by atoms with Crippen molar-refractivity contribution in [2.24, 2.45) is 0 Å². The van der Waals surface area contributed by atoms with Crippen LogP contribution >= 0.6 is 0 Å². The maximum atomic E-state index is 6.98. The summed E-state index contributed by atoms with van der Waals surface area (Å²) in [5.41, 5.74) is 15.7. The van der Waals surface area contributed by atoms with Gasteiger partial charge in [0.2, 0.25) is 0 Å². The molecule has 0 amide bonds. The first-order valence-electron chi connectivity index (χ1n) is 23.2. The molecular formula is C63H38N4O2. The van der Waals surface area contributed by atoms with Gasteiger partial charge in [0.25, 0.3) is 0 Å². The van der Waals surface area contributed by atoms with Crippen LogP contribution in [0.1, 0.15) is 0 Å². The average molecular weight is 883 g/mol. The molecule has 14 rings (SSSR count). The summed E-state index contributed by atoms with van der Waals surface area (Å²) in [5.74, 6) is 1.78. The highest BCUT2D eigenvalue weighted by atomic mass is 16.3. The normalized spacial score (nSPS) is 11.8. The summed E-state index contributed by atoms with van der Waals surface area (Å²) in [5, 5.41) is 6.41. The van der Waals surface area contributed by atoms with Crippen LogP contribution in [0, 0.1) is 0 Å². The van der Waals surface area contributed by atoms with Crippen molar-refractivity contribution in [3.05, 3.63) is 231 Å². The third-order valence-electron chi connectivity index (χ3n) is 13.5. The Morgan fingerprint density at radius 2 is 0.812 bits per heavy atom. The number of rotatable bonds is 7. The van der Waals surface area contributed by atoms with Gasteiger partial charge in [-0.3, -0.25) is 0 Å². The summed E-state index contributed by atoms with van der Waals surface area (Å²) >= 11 is 0. The molecule has 69 heavy (non-hydrogen) atoms. The fourth-order valence-electron chi connectivity index (χ4n) is 10.2. The van der Waals surface area contributed by atoms with Gasteiger partial charge in [-0.2, -0.15) is 0 Å². The van der Waals surface area contributed by atoms with Gasteiger partial charge in [-0.05, 0) is 82.4 Å². The van der Waals surface area contributed by atoms with E-state index in [0.29, 0.717) is 17.5 Å². The lowest BCUT2D eigenvalue weighted by molar-refractivity contribution is 0.666. The maximum absolute atomic E-state index is 6.98. The molecule has 322 valence electrons. The molecule has 0 fully saturated rings. The van der Waals surface area contributed by atoms with E-state index in [0.717, 1.165) is 99.5 Å².